The Morgan fingerprint density at radius 3 is 2.95 bits per heavy atom. The van der Waals surface area contributed by atoms with E-state index in [9.17, 15) is 4.79 Å². The summed E-state index contributed by atoms with van der Waals surface area (Å²) < 4.78 is 10.7. The van der Waals surface area contributed by atoms with Gasteiger partial charge in [0.25, 0.3) is 0 Å². The highest BCUT2D eigenvalue weighted by atomic mass is 16.5. The van der Waals surface area contributed by atoms with Crippen LogP contribution in [-0.2, 0) is 16.0 Å². The first-order valence-electron chi connectivity index (χ1n) is 7.72. The molecule has 1 atom stereocenters. The molecule has 4 nitrogen and oxygen atoms in total. The topological polar surface area (TPSA) is 47.6 Å². The van der Waals surface area contributed by atoms with Crippen LogP contribution in [0.15, 0.2) is 12.1 Å². The maximum atomic E-state index is 11.9. The summed E-state index contributed by atoms with van der Waals surface area (Å²) in [4.78, 5) is 11.9. The fraction of sp³-hybridized carbons (Fsp3) is 0.588. The SMILES string of the molecule is CCCCOC(=O)CC1NCCc2c1ccc(OC)c2C. The van der Waals surface area contributed by atoms with Crippen molar-refractivity contribution < 1.29 is 14.3 Å². The van der Waals surface area contributed by atoms with Gasteiger partial charge in [-0.15, -0.1) is 0 Å². The first-order chi connectivity index (χ1) is 10.2. The van der Waals surface area contributed by atoms with Gasteiger partial charge in [0.1, 0.15) is 5.75 Å². The Morgan fingerprint density at radius 1 is 1.43 bits per heavy atom. The van der Waals surface area contributed by atoms with Gasteiger partial charge in [-0.3, -0.25) is 4.79 Å². The van der Waals surface area contributed by atoms with E-state index in [1.165, 1.54) is 16.7 Å². The van der Waals surface area contributed by atoms with Crippen molar-refractivity contribution in [2.45, 2.75) is 45.6 Å². The first-order valence-corrected chi connectivity index (χ1v) is 7.72. The lowest BCUT2D eigenvalue weighted by Crippen LogP contribution is -2.32. The number of carbonyl (C=O) groups excluding carboxylic acids is 1. The Bertz CT molecular complexity index is 499. The van der Waals surface area contributed by atoms with Crippen LogP contribution in [0.1, 0.15) is 48.9 Å². The zero-order valence-corrected chi connectivity index (χ0v) is 13.2. The molecule has 1 aromatic carbocycles. The van der Waals surface area contributed by atoms with Crippen LogP contribution in [0.5, 0.6) is 5.75 Å². The minimum atomic E-state index is -0.123. The Labute approximate surface area is 126 Å². The van der Waals surface area contributed by atoms with Crippen LogP contribution < -0.4 is 10.1 Å². The molecule has 21 heavy (non-hydrogen) atoms. The molecule has 1 heterocycles. The molecule has 116 valence electrons. The van der Waals surface area contributed by atoms with Crippen LogP contribution in [-0.4, -0.2) is 26.2 Å². The van der Waals surface area contributed by atoms with Crippen molar-refractivity contribution in [1.29, 1.82) is 0 Å². The van der Waals surface area contributed by atoms with Crippen molar-refractivity contribution in [1.82, 2.24) is 5.32 Å². The summed E-state index contributed by atoms with van der Waals surface area (Å²) in [6.07, 6.45) is 3.33. The molecule has 1 aliphatic heterocycles. The third-order valence-corrected chi connectivity index (χ3v) is 4.08. The molecule has 0 radical (unpaired) electrons. The van der Waals surface area contributed by atoms with E-state index < -0.39 is 0 Å². The second-order valence-electron chi connectivity index (χ2n) is 5.50. The molecular formula is C17H25NO3. The molecule has 0 amide bonds. The van der Waals surface area contributed by atoms with Crippen molar-refractivity contribution in [2.75, 3.05) is 20.3 Å². The van der Waals surface area contributed by atoms with Crippen molar-refractivity contribution in [3.05, 3.63) is 28.8 Å². The molecule has 0 aromatic heterocycles. The summed E-state index contributed by atoms with van der Waals surface area (Å²) in [5.41, 5.74) is 3.69. The molecule has 0 aliphatic carbocycles. The number of hydrogen-bond acceptors (Lipinski definition) is 4. The summed E-state index contributed by atoms with van der Waals surface area (Å²) in [6, 6.07) is 4.10. The Balaban J connectivity index is 2.08. The Hall–Kier alpha value is -1.55. The van der Waals surface area contributed by atoms with Gasteiger partial charge in [-0.1, -0.05) is 19.4 Å². The molecular weight excluding hydrogens is 266 g/mol. The smallest absolute Gasteiger partial charge is 0.307 e. The predicted octanol–water partition coefficient (Wildman–Crippen LogP) is 2.92. The van der Waals surface area contributed by atoms with E-state index in [0.29, 0.717) is 13.0 Å². The van der Waals surface area contributed by atoms with Gasteiger partial charge in [-0.05, 0) is 49.1 Å². The Morgan fingerprint density at radius 2 is 2.24 bits per heavy atom. The predicted molar refractivity (Wildman–Crippen MR) is 82.7 cm³/mol. The van der Waals surface area contributed by atoms with E-state index in [2.05, 4.69) is 25.2 Å². The molecule has 4 heteroatoms. The van der Waals surface area contributed by atoms with Gasteiger partial charge in [-0.2, -0.15) is 0 Å². The quantitative estimate of drug-likeness (QED) is 0.646. The van der Waals surface area contributed by atoms with Crippen molar-refractivity contribution >= 4 is 5.97 Å². The molecule has 2 rings (SSSR count). The third kappa shape index (κ3) is 3.76. The molecule has 0 saturated carbocycles. The summed E-state index contributed by atoms with van der Waals surface area (Å²) in [7, 11) is 1.69. The van der Waals surface area contributed by atoms with Crippen LogP contribution in [0.25, 0.3) is 0 Å². The monoisotopic (exact) mass is 291 g/mol. The molecule has 0 fully saturated rings. The van der Waals surface area contributed by atoms with Gasteiger partial charge in [-0.25, -0.2) is 0 Å². The van der Waals surface area contributed by atoms with Crippen molar-refractivity contribution in [3.8, 4) is 5.75 Å². The highest BCUT2D eigenvalue weighted by Crippen LogP contribution is 2.32. The fourth-order valence-corrected chi connectivity index (χ4v) is 2.86. The van der Waals surface area contributed by atoms with Crippen molar-refractivity contribution in [2.24, 2.45) is 0 Å². The number of unbranched alkanes of at least 4 members (excludes halogenated alkanes) is 1. The molecule has 0 bridgehead atoms. The number of methoxy groups -OCH3 is 1. The minimum Gasteiger partial charge on any atom is -0.496 e. The second-order valence-corrected chi connectivity index (χ2v) is 5.50. The molecule has 0 spiro atoms. The van der Waals surface area contributed by atoms with Crippen LogP contribution in [0.3, 0.4) is 0 Å². The fourth-order valence-electron chi connectivity index (χ4n) is 2.86. The average molecular weight is 291 g/mol. The van der Waals surface area contributed by atoms with E-state index in [1.807, 2.05) is 6.07 Å². The number of fused-ring (bicyclic) bond motifs is 1. The number of esters is 1. The maximum Gasteiger partial charge on any atom is 0.307 e. The first kappa shape index (κ1) is 15.8. The van der Waals surface area contributed by atoms with Crippen LogP contribution in [0.4, 0.5) is 0 Å². The van der Waals surface area contributed by atoms with Gasteiger partial charge in [0, 0.05) is 6.04 Å². The standard InChI is InChI=1S/C17H25NO3/c1-4-5-10-21-17(19)11-15-14-6-7-16(20-3)12(2)13(14)8-9-18-15/h6-7,15,18H,4-5,8-11H2,1-3H3. The van der Waals surface area contributed by atoms with E-state index >= 15 is 0 Å². The Kier molecular flexibility index (Phi) is 5.62. The van der Waals surface area contributed by atoms with Gasteiger partial charge in [0.05, 0.1) is 20.1 Å². The summed E-state index contributed by atoms with van der Waals surface area (Å²) in [5.74, 6) is 0.794. The zero-order chi connectivity index (χ0) is 15.2. The van der Waals surface area contributed by atoms with E-state index in [0.717, 1.165) is 31.6 Å². The minimum absolute atomic E-state index is 0.0486. The van der Waals surface area contributed by atoms with Crippen LogP contribution >= 0.6 is 0 Å². The lowest BCUT2D eigenvalue weighted by atomic mass is 9.89. The lowest BCUT2D eigenvalue weighted by Gasteiger charge is -2.28. The van der Waals surface area contributed by atoms with Crippen LogP contribution in [0, 0.1) is 6.92 Å². The van der Waals surface area contributed by atoms with Gasteiger partial charge < -0.3 is 14.8 Å². The zero-order valence-electron chi connectivity index (χ0n) is 13.2. The van der Waals surface area contributed by atoms with Crippen molar-refractivity contribution in [3.63, 3.8) is 0 Å². The van der Waals surface area contributed by atoms with E-state index in [-0.39, 0.29) is 12.0 Å². The normalized spacial score (nSPS) is 17.2. The summed E-state index contributed by atoms with van der Waals surface area (Å²) in [5, 5.41) is 3.42. The second kappa shape index (κ2) is 7.46. The largest absolute Gasteiger partial charge is 0.496 e. The molecule has 1 aliphatic rings. The van der Waals surface area contributed by atoms with Crippen LogP contribution in [0.2, 0.25) is 0 Å². The molecule has 1 aromatic rings. The average Bonchev–Trinajstić information content (AvgIpc) is 2.49. The number of nitrogens with one attached hydrogen (secondary N) is 1. The number of rotatable bonds is 6. The van der Waals surface area contributed by atoms with E-state index in [4.69, 9.17) is 9.47 Å². The molecule has 1 N–H and O–H groups in total. The van der Waals surface area contributed by atoms with Gasteiger partial charge >= 0.3 is 5.97 Å². The third-order valence-electron chi connectivity index (χ3n) is 4.08. The summed E-state index contributed by atoms with van der Waals surface area (Å²) in [6.45, 7) is 5.58. The molecule has 1 unspecified atom stereocenters. The number of carbonyl (C=O) groups is 1. The maximum absolute atomic E-state index is 11.9. The van der Waals surface area contributed by atoms with Gasteiger partial charge in [0.2, 0.25) is 0 Å². The highest BCUT2D eigenvalue weighted by Gasteiger charge is 2.24. The van der Waals surface area contributed by atoms with Gasteiger partial charge in [0.15, 0.2) is 0 Å². The molecule has 0 saturated heterocycles. The lowest BCUT2D eigenvalue weighted by molar-refractivity contribution is -0.144. The number of hydrogen-bond donors (Lipinski definition) is 1. The van der Waals surface area contributed by atoms with E-state index in [1.54, 1.807) is 7.11 Å². The number of ether oxygens (including phenoxy) is 2. The highest BCUT2D eigenvalue weighted by molar-refractivity contribution is 5.70. The summed E-state index contributed by atoms with van der Waals surface area (Å²) >= 11 is 0. The number of benzene rings is 1.